The third-order valence-corrected chi connectivity index (χ3v) is 1.87. The first-order chi connectivity index (χ1) is 5.42. The second kappa shape index (κ2) is 4.17. The van der Waals surface area contributed by atoms with Gasteiger partial charge in [-0.1, -0.05) is 18.2 Å². The van der Waals surface area contributed by atoms with Crippen LogP contribution in [-0.2, 0) is 39.3 Å². The minimum absolute atomic E-state index is 0. The van der Waals surface area contributed by atoms with E-state index in [1.54, 1.807) is 0 Å². The predicted molar refractivity (Wildman–Crippen MR) is 46.3 cm³/mol. The van der Waals surface area contributed by atoms with Crippen LogP contribution in [0.4, 0.5) is 0 Å². The maximum absolute atomic E-state index is 7.22. The number of fused-ring (bicyclic) bond motifs is 1. The Balaban J connectivity index is 0.000000720. The molecule has 0 aliphatic rings. The number of benzene rings is 1. The molecule has 0 saturated carbocycles. The van der Waals surface area contributed by atoms with Crippen LogP contribution < -0.4 is 0 Å². The molecule has 1 aromatic carbocycles. The molecule has 59 valence electrons. The fraction of sp³-hybridized carbons (Fsp3) is 0.111. The van der Waals surface area contributed by atoms with Crippen molar-refractivity contribution in [2.45, 2.75) is 6.54 Å². The van der Waals surface area contributed by atoms with Crippen LogP contribution in [0.5, 0.6) is 0 Å². The molecular weight excluding hydrogens is 225 g/mol. The summed E-state index contributed by atoms with van der Waals surface area (Å²) in [7, 11) is 0. The zero-order chi connectivity index (χ0) is 7.68. The second-order valence-corrected chi connectivity index (χ2v) is 2.54. The Hall–Kier alpha value is -0.176. The molecule has 0 spiro atoms. The second-order valence-electron chi connectivity index (χ2n) is 2.54. The third kappa shape index (κ3) is 1.61. The minimum atomic E-state index is 0. The van der Waals surface area contributed by atoms with E-state index in [1.165, 1.54) is 5.39 Å². The molecule has 0 bridgehead atoms. The molecule has 1 aromatic heterocycles. The Morgan fingerprint density at radius 2 is 2.00 bits per heavy atom. The van der Waals surface area contributed by atoms with E-state index in [2.05, 4.69) is 4.98 Å². The van der Waals surface area contributed by atoms with E-state index in [4.69, 9.17) is 5.73 Å². The molecule has 0 saturated heterocycles. The van der Waals surface area contributed by atoms with Crippen molar-refractivity contribution in [3.8, 4) is 0 Å². The monoisotopic (exact) mass is 234 g/mol. The molecule has 0 amide bonds. The van der Waals surface area contributed by atoms with Crippen molar-refractivity contribution < 1.29 is 32.7 Å². The Morgan fingerprint density at radius 1 is 1.25 bits per heavy atom. The van der Waals surface area contributed by atoms with Crippen molar-refractivity contribution in [2.75, 3.05) is 0 Å². The molecule has 3 heteroatoms. The molecule has 0 aliphatic heterocycles. The van der Waals surface area contributed by atoms with Crippen molar-refractivity contribution in [3.63, 3.8) is 0 Å². The molecule has 1 radical (unpaired) electrons. The van der Waals surface area contributed by atoms with Crippen LogP contribution in [0.1, 0.15) is 5.56 Å². The number of hydrogen-bond acceptors (Lipinski definition) is 0. The van der Waals surface area contributed by atoms with Crippen molar-refractivity contribution in [3.05, 3.63) is 41.8 Å². The standard InChI is InChI=1S/C9H9N2.Y/c10-5-7-6-11-9-4-2-1-3-8(7)9;/h1-4,6,10-11H,5H2;/q-1;. The first kappa shape index (κ1) is 9.91. The minimum Gasteiger partial charge on any atom is -0.674 e. The molecule has 2 rings (SSSR count). The maximum atomic E-state index is 7.22. The number of aromatic nitrogens is 1. The van der Waals surface area contributed by atoms with Gasteiger partial charge in [-0.25, -0.2) is 0 Å². The Kier molecular flexibility index (Phi) is 3.44. The van der Waals surface area contributed by atoms with Gasteiger partial charge in [0, 0.05) is 49.8 Å². The summed E-state index contributed by atoms with van der Waals surface area (Å²) in [4.78, 5) is 3.12. The first-order valence-electron chi connectivity index (χ1n) is 3.61. The van der Waals surface area contributed by atoms with Gasteiger partial charge in [-0.15, -0.1) is 6.54 Å². The van der Waals surface area contributed by atoms with Gasteiger partial charge in [0.15, 0.2) is 0 Å². The van der Waals surface area contributed by atoms with E-state index < -0.39 is 0 Å². The molecule has 2 nitrogen and oxygen atoms in total. The number of rotatable bonds is 1. The van der Waals surface area contributed by atoms with Gasteiger partial charge in [-0.2, -0.15) is 0 Å². The van der Waals surface area contributed by atoms with Gasteiger partial charge in [0.2, 0.25) is 0 Å². The summed E-state index contributed by atoms with van der Waals surface area (Å²) in [5, 5.41) is 1.17. The zero-order valence-electron chi connectivity index (χ0n) is 6.67. The van der Waals surface area contributed by atoms with Gasteiger partial charge >= 0.3 is 0 Å². The molecule has 2 aromatic rings. The number of aromatic amines is 1. The summed E-state index contributed by atoms with van der Waals surface area (Å²) >= 11 is 0. The molecule has 1 heterocycles. The average Bonchev–Trinajstić information content (AvgIpc) is 2.47. The van der Waals surface area contributed by atoms with E-state index >= 15 is 0 Å². The van der Waals surface area contributed by atoms with E-state index in [0.29, 0.717) is 6.54 Å². The maximum Gasteiger partial charge on any atom is 0.0456 e. The first-order valence-corrected chi connectivity index (χ1v) is 3.61. The van der Waals surface area contributed by atoms with Gasteiger partial charge in [-0.05, 0) is 11.6 Å². The number of nitrogens with one attached hydrogen (secondary N) is 2. The van der Waals surface area contributed by atoms with Gasteiger partial charge in [0.1, 0.15) is 0 Å². The Labute approximate surface area is 96.4 Å². The summed E-state index contributed by atoms with van der Waals surface area (Å²) in [6.07, 6.45) is 1.90. The Bertz CT molecular complexity index is 367. The topological polar surface area (TPSA) is 39.6 Å². The molecule has 0 aliphatic carbocycles. The molecule has 0 fully saturated rings. The molecule has 0 atom stereocenters. The third-order valence-electron chi connectivity index (χ3n) is 1.87. The fourth-order valence-electron chi connectivity index (χ4n) is 1.28. The van der Waals surface area contributed by atoms with E-state index in [-0.39, 0.29) is 32.7 Å². The van der Waals surface area contributed by atoms with Crippen LogP contribution in [0.15, 0.2) is 30.5 Å². The van der Waals surface area contributed by atoms with Crippen LogP contribution >= 0.6 is 0 Å². The fourth-order valence-corrected chi connectivity index (χ4v) is 1.28. The largest absolute Gasteiger partial charge is 0.674 e. The molecule has 2 N–H and O–H groups in total. The van der Waals surface area contributed by atoms with Crippen molar-refractivity contribution in [1.82, 2.24) is 4.98 Å². The smallest absolute Gasteiger partial charge is 0.0456 e. The van der Waals surface area contributed by atoms with Crippen molar-refractivity contribution in [2.24, 2.45) is 0 Å². The SMILES string of the molecule is [NH-]Cc1c[nH]c2ccccc12.[Y]. The molecular formula is C9H9N2Y-. The van der Waals surface area contributed by atoms with Gasteiger partial charge in [0.25, 0.3) is 0 Å². The van der Waals surface area contributed by atoms with Crippen LogP contribution in [-0.4, -0.2) is 4.98 Å². The predicted octanol–water partition coefficient (Wildman–Crippen LogP) is 2.72. The molecule has 12 heavy (non-hydrogen) atoms. The van der Waals surface area contributed by atoms with Crippen molar-refractivity contribution >= 4 is 10.9 Å². The number of para-hydroxylation sites is 1. The zero-order valence-corrected chi connectivity index (χ0v) is 9.51. The van der Waals surface area contributed by atoms with Crippen LogP contribution in [0, 0.1) is 0 Å². The van der Waals surface area contributed by atoms with E-state index in [9.17, 15) is 0 Å². The average molecular weight is 234 g/mol. The van der Waals surface area contributed by atoms with Crippen LogP contribution in [0.2, 0.25) is 0 Å². The van der Waals surface area contributed by atoms with E-state index in [0.717, 1.165) is 11.1 Å². The van der Waals surface area contributed by atoms with Crippen molar-refractivity contribution in [1.29, 1.82) is 0 Å². The van der Waals surface area contributed by atoms with Gasteiger partial charge in [0.05, 0.1) is 0 Å². The quantitative estimate of drug-likeness (QED) is 0.788. The summed E-state index contributed by atoms with van der Waals surface area (Å²) < 4.78 is 0. The summed E-state index contributed by atoms with van der Waals surface area (Å²) in [5.74, 6) is 0. The van der Waals surface area contributed by atoms with Crippen LogP contribution in [0.3, 0.4) is 0 Å². The summed E-state index contributed by atoms with van der Waals surface area (Å²) in [6, 6.07) is 8.05. The Morgan fingerprint density at radius 3 is 2.75 bits per heavy atom. The molecule has 0 unspecified atom stereocenters. The summed E-state index contributed by atoms with van der Waals surface area (Å²) in [5.41, 5.74) is 9.41. The number of H-pyrrole nitrogens is 1. The number of hydrogen-bond donors (Lipinski definition) is 1. The normalized spacial score (nSPS) is 9.75. The van der Waals surface area contributed by atoms with E-state index in [1.807, 2.05) is 30.5 Å². The van der Waals surface area contributed by atoms with Gasteiger partial charge in [-0.3, -0.25) is 0 Å². The van der Waals surface area contributed by atoms with Gasteiger partial charge < -0.3 is 10.7 Å². The summed E-state index contributed by atoms with van der Waals surface area (Å²) in [6.45, 7) is 0.351. The van der Waals surface area contributed by atoms with Crippen LogP contribution in [0.25, 0.3) is 16.6 Å².